The highest BCUT2D eigenvalue weighted by Crippen LogP contribution is 2.21. The monoisotopic (exact) mass is 422 g/mol. The van der Waals surface area contributed by atoms with Crippen LogP contribution in [0.25, 0.3) is 11.0 Å². The first kappa shape index (κ1) is 21.1. The van der Waals surface area contributed by atoms with Gasteiger partial charge in [0.05, 0.1) is 23.3 Å². The number of para-hydroxylation sites is 2. The van der Waals surface area contributed by atoms with E-state index in [0.717, 1.165) is 49.8 Å². The van der Waals surface area contributed by atoms with Crippen LogP contribution in [0.15, 0.2) is 41.3 Å². The van der Waals surface area contributed by atoms with Crippen molar-refractivity contribution in [2.45, 2.75) is 58.5 Å². The van der Waals surface area contributed by atoms with E-state index in [4.69, 9.17) is 0 Å². The zero-order chi connectivity index (χ0) is 21.8. The van der Waals surface area contributed by atoms with E-state index in [1.54, 1.807) is 10.8 Å². The smallest absolute Gasteiger partial charge is 0.294 e. The van der Waals surface area contributed by atoms with Gasteiger partial charge in [0.2, 0.25) is 5.91 Å². The van der Waals surface area contributed by atoms with Gasteiger partial charge in [-0.3, -0.25) is 9.59 Å². The van der Waals surface area contributed by atoms with Crippen molar-refractivity contribution in [1.82, 2.24) is 19.3 Å². The van der Waals surface area contributed by atoms with Crippen LogP contribution in [0.4, 0.5) is 11.6 Å². The molecule has 8 nitrogen and oxygen atoms in total. The number of hydrogen-bond acceptors (Lipinski definition) is 5. The average Bonchev–Trinajstić information content (AvgIpc) is 3.46. The Bertz CT molecular complexity index is 1110. The number of carbonyl (C=O) groups is 1. The summed E-state index contributed by atoms with van der Waals surface area (Å²) in [7, 11) is 0. The van der Waals surface area contributed by atoms with Crippen LogP contribution >= 0.6 is 0 Å². The van der Waals surface area contributed by atoms with E-state index in [1.807, 2.05) is 35.0 Å². The van der Waals surface area contributed by atoms with Gasteiger partial charge in [0, 0.05) is 32.1 Å². The van der Waals surface area contributed by atoms with Gasteiger partial charge >= 0.3 is 0 Å². The largest absolute Gasteiger partial charge is 0.352 e. The fraction of sp³-hybridized carbons (Fsp3) is 0.478. The quantitative estimate of drug-likeness (QED) is 0.600. The Kier molecular flexibility index (Phi) is 6.34. The molecule has 0 spiro atoms. The maximum Gasteiger partial charge on any atom is 0.294 e. The summed E-state index contributed by atoms with van der Waals surface area (Å²) < 4.78 is 3.56. The summed E-state index contributed by atoms with van der Waals surface area (Å²) in [6.07, 6.45) is 5.93. The van der Waals surface area contributed by atoms with Gasteiger partial charge in [0.1, 0.15) is 5.82 Å². The average molecular weight is 423 g/mol. The fourth-order valence-corrected chi connectivity index (χ4v) is 4.29. The normalized spacial score (nSPS) is 14.0. The molecule has 0 saturated carbocycles. The van der Waals surface area contributed by atoms with E-state index in [-0.39, 0.29) is 23.9 Å². The zero-order valence-electron chi connectivity index (χ0n) is 18.3. The zero-order valence-corrected chi connectivity index (χ0v) is 18.3. The minimum atomic E-state index is -0.136. The van der Waals surface area contributed by atoms with E-state index in [9.17, 15) is 9.59 Å². The van der Waals surface area contributed by atoms with Gasteiger partial charge in [-0.15, -0.1) is 0 Å². The Morgan fingerprint density at radius 1 is 1.13 bits per heavy atom. The molecule has 4 rings (SSSR count). The Labute approximate surface area is 181 Å². The predicted molar refractivity (Wildman–Crippen MR) is 123 cm³/mol. The number of hydrogen-bond donors (Lipinski definition) is 1. The maximum absolute atomic E-state index is 13.2. The molecule has 8 heteroatoms. The molecule has 2 aromatic heterocycles. The molecule has 1 amide bonds. The molecule has 31 heavy (non-hydrogen) atoms. The molecule has 3 heterocycles. The maximum atomic E-state index is 13.2. The first-order chi connectivity index (χ1) is 15.1. The summed E-state index contributed by atoms with van der Waals surface area (Å²) >= 11 is 0. The number of benzene rings is 1. The van der Waals surface area contributed by atoms with E-state index >= 15 is 0 Å². The molecular formula is C23H30N6O2. The molecule has 1 aliphatic heterocycles. The summed E-state index contributed by atoms with van der Waals surface area (Å²) in [4.78, 5) is 32.7. The lowest BCUT2D eigenvalue weighted by Crippen LogP contribution is -2.32. The molecule has 0 unspecified atom stereocenters. The van der Waals surface area contributed by atoms with Crippen LogP contribution in [0, 0.1) is 0 Å². The summed E-state index contributed by atoms with van der Waals surface area (Å²) in [5.41, 5.74) is 1.40. The van der Waals surface area contributed by atoms with Gasteiger partial charge < -0.3 is 14.8 Å². The van der Waals surface area contributed by atoms with Crippen LogP contribution < -0.4 is 15.8 Å². The van der Waals surface area contributed by atoms with Crippen LogP contribution in [0.3, 0.4) is 0 Å². The lowest BCUT2D eigenvalue weighted by molar-refractivity contribution is -0.116. The van der Waals surface area contributed by atoms with Crippen molar-refractivity contribution in [2.75, 3.05) is 23.3 Å². The first-order valence-corrected chi connectivity index (χ1v) is 11.2. The third-order valence-electron chi connectivity index (χ3n) is 6.03. The summed E-state index contributed by atoms with van der Waals surface area (Å²) in [6, 6.07) is 9.68. The Balaban J connectivity index is 1.55. The lowest BCUT2D eigenvalue weighted by atomic mass is 10.2. The number of fused-ring (bicyclic) bond motifs is 1. The van der Waals surface area contributed by atoms with Crippen LogP contribution in [-0.2, 0) is 11.3 Å². The minimum absolute atomic E-state index is 0.129. The highest BCUT2D eigenvalue weighted by Gasteiger charge is 2.20. The molecule has 1 N–H and O–H groups in total. The number of carbonyl (C=O) groups excluding carboxylic acids is 1. The van der Waals surface area contributed by atoms with E-state index < -0.39 is 0 Å². The molecule has 1 fully saturated rings. The van der Waals surface area contributed by atoms with Crippen molar-refractivity contribution in [2.24, 2.45) is 0 Å². The van der Waals surface area contributed by atoms with Crippen molar-refractivity contribution in [3.63, 3.8) is 0 Å². The van der Waals surface area contributed by atoms with Gasteiger partial charge in [-0.05, 0) is 37.8 Å². The SMILES string of the molecule is CCC(CC)n1nccc1NC(=O)CCn1c(=O)c(N2CCCC2)nc2ccccc21. The molecule has 0 bridgehead atoms. The molecule has 3 aromatic rings. The van der Waals surface area contributed by atoms with Crippen LogP contribution in [0.5, 0.6) is 0 Å². The van der Waals surface area contributed by atoms with Crippen LogP contribution in [0.2, 0.25) is 0 Å². The topological polar surface area (TPSA) is 85.0 Å². The van der Waals surface area contributed by atoms with E-state index in [1.165, 1.54) is 0 Å². The highest BCUT2D eigenvalue weighted by molar-refractivity contribution is 5.90. The highest BCUT2D eigenvalue weighted by atomic mass is 16.2. The number of anilines is 2. The van der Waals surface area contributed by atoms with Crippen molar-refractivity contribution < 1.29 is 4.79 Å². The van der Waals surface area contributed by atoms with E-state index in [0.29, 0.717) is 18.2 Å². The third kappa shape index (κ3) is 4.33. The van der Waals surface area contributed by atoms with Crippen LogP contribution in [0.1, 0.15) is 52.0 Å². The Morgan fingerprint density at radius 2 is 1.87 bits per heavy atom. The molecule has 0 aliphatic carbocycles. The number of nitrogens with one attached hydrogen (secondary N) is 1. The minimum Gasteiger partial charge on any atom is -0.352 e. The third-order valence-corrected chi connectivity index (χ3v) is 6.03. The standard InChI is InChI=1S/C23H30N6O2/c1-3-17(4-2)29-20(11-13-24-29)26-21(30)12-16-28-19-10-6-5-9-18(19)25-22(23(28)31)27-14-7-8-15-27/h5-6,9-11,13,17H,3-4,7-8,12,14-16H2,1-2H3,(H,26,30). The predicted octanol–water partition coefficient (Wildman–Crippen LogP) is 3.58. The van der Waals surface area contributed by atoms with Gasteiger partial charge in [0.25, 0.3) is 5.56 Å². The first-order valence-electron chi connectivity index (χ1n) is 11.2. The lowest BCUT2D eigenvalue weighted by Gasteiger charge is -2.19. The van der Waals surface area contributed by atoms with Gasteiger partial charge in [-0.2, -0.15) is 5.10 Å². The van der Waals surface area contributed by atoms with Crippen LogP contribution in [-0.4, -0.2) is 38.3 Å². The van der Waals surface area contributed by atoms with Gasteiger partial charge in [-0.25, -0.2) is 9.67 Å². The molecule has 0 radical (unpaired) electrons. The van der Waals surface area contributed by atoms with Gasteiger partial charge in [0.15, 0.2) is 5.82 Å². The number of aryl methyl sites for hydroxylation is 1. The summed E-state index contributed by atoms with van der Waals surface area (Å²) in [5, 5.41) is 7.34. The second-order valence-electron chi connectivity index (χ2n) is 8.00. The summed E-state index contributed by atoms with van der Waals surface area (Å²) in [5.74, 6) is 1.05. The summed E-state index contributed by atoms with van der Waals surface area (Å²) in [6.45, 7) is 6.22. The van der Waals surface area contributed by atoms with Crippen molar-refractivity contribution in [3.8, 4) is 0 Å². The van der Waals surface area contributed by atoms with Crippen molar-refractivity contribution in [3.05, 3.63) is 46.9 Å². The number of aromatic nitrogens is 4. The number of rotatable bonds is 8. The molecule has 1 saturated heterocycles. The molecule has 164 valence electrons. The number of nitrogens with zero attached hydrogens (tertiary/aromatic N) is 5. The molecule has 0 atom stereocenters. The van der Waals surface area contributed by atoms with Crippen molar-refractivity contribution >= 4 is 28.6 Å². The second kappa shape index (κ2) is 9.32. The fourth-order valence-electron chi connectivity index (χ4n) is 4.29. The Morgan fingerprint density at radius 3 is 2.61 bits per heavy atom. The molecular weight excluding hydrogens is 392 g/mol. The van der Waals surface area contributed by atoms with E-state index in [2.05, 4.69) is 34.1 Å². The Hall–Kier alpha value is -3.16. The second-order valence-corrected chi connectivity index (χ2v) is 8.00. The van der Waals surface area contributed by atoms with Gasteiger partial charge in [-0.1, -0.05) is 26.0 Å². The molecule has 1 aromatic carbocycles. The van der Waals surface area contributed by atoms with Crippen molar-refractivity contribution in [1.29, 1.82) is 0 Å². The molecule has 1 aliphatic rings. The number of amides is 1.